The average molecular weight is 183 g/mol. The van der Waals surface area contributed by atoms with Gasteiger partial charge in [0.15, 0.2) is 5.16 Å². The van der Waals surface area contributed by atoms with Crippen molar-refractivity contribution >= 4 is 17.4 Å². The summed E-state index contributed by atoms with van der Waals surface area (Å²) >= 11 is 1.67. The predicted molar refractivity (Wildman–Crippen MR) is 52.1 cm³/mol. The SMILES string of the molecule is CCC(C)Sc1ncc(N)cn1. The van der Waals surface area contributed by atoms with E-state index in [4.69, 9.17) is 5.73 Å². The summed E-state index contributed by atoms with van der Waals surface area (Å²) in [7, 11) is 0. The van der Waals surface area contributed by atoms with E-state index < -0.39 is 0 Å². The van der Waals surface area contributed by atoms with Gasteiger partial charge in [-0.3, -0.25) is 0 Å². The highest BCUT2D eigenvalue weighted by atomic mass is 32.2. The lowest BCUT2D eigenvalue weighted by Gasteiger charge is -2.05. The van der Waals surface area contributed by atoms with Crippen LogP contribution < -0.4 is 5.73 Å². The topological polar surface area (TPSA) is 51.8 Å². The van der Waals surface area contributed by atoms with E-state index in [1.165, 1.54) is 0 Å². The van der Waals surface area contributed by atoms with Gasteiger partial charge in [0, 0.05) is 5.25 Å². The number of rotatable bonds is 3. The molecule has 66 valence electrons. The third-order valence-electron chi connectivity index (χ3n) is 1.53. The lowest BCUT2D eigenvalue weighted by atomic mass is 10.4. The van der Waals surface area contributed by atoms with Crippen molar-refractivity contribution in [2.24, 2.45) is 0 Å². The molecular formula is C8H13N3S. The van der Waals surface area contributed by atoms with E-state index in [0.717, 1.165) is 11.6 Å². The molecule has 1 atom stereocenters. The first-order valence-corrected chi connectivity index (χ1v) is 4.84. The van der Waals surface area contributed by atoms with Crippen molar-refractivity contribution in [1.29, 1.82) is 0 Å². The van der Waals surface area contributed by atoms with Crippen LogP contribution in [0.15, 0.2) is 17.6 Å². The number of hydrogen-bond acceptors (Lipinski definition) is 4. The smallest absolute Gasteiger partial charge is 0.187 e. The van der Waals surface area contributed by atoms with Crippen molar-refractivity contribution in [2.45, 2.75) is 30.7 Å². The Morgan fingerprint density at radius 3 is 2.58 bits per heavy atom. The second-order valence-corrected chi connectivity index (χ2v) is 4.04. The first kappa shape index (κ1) is 9.32. The molecule has 1 unspecified atom stereocenters. The van der Waals surface area contributed by atoms with Gasteiger partial charge >= 0.3 is 0 Å². The molecule has 0 saturated carbocycles. The molecule has 4 heteroatoms. The number of nitrogens with two attached hydrogens (primary N) is 1. The van der Waals surface area contributed by atoms with Gasteiger partial charge in [0.05, 0.1) is 18.1 Å². The summed E-state index contributed by atoms with van der Waals surface area (Å²) in [5.74, 6) is 0. The van der Waals surface area contributed by atoms with Crippen LogP contribution in [0.5, 0.6) is 0 Å². The molecule has 1 aromatic heterocycles. The molecule has 0 fully saturated rings. The normalized spacial score (nSPS) is 12.8. The number of nitrogen functional groups attached to an aromatic ring is 1. The highest BCUT2D eigenvalue weighted by Gasteiger charge is 2.02. The minimum absolute atomic E-state index is 0.564. The molecule has 0 spiro atoms. The van der Waals surface area contributed by atoms with Crippen molar-refractivity contribution in [2.75, 3.05) is 5.73 Å². The monoisotopic (exact) mass is 183 g/mol. The van der Waals surface area contributed by atoms with E-state index in [2.05, 4.69) is 23.8 Å². The molecule has 0 radical (unpaired) electrons. The first-order valence-electron chi connectivity index (χ1n) is 3.96. The Hall–Kier alpha value is -0.770. The Kier molecular flexibility index (Phi) is 3.34. The van der Waals surface area contributed by atoms with Crippen molar-refractivity contribution in [3.8, 4) is 0 Å². The maximum Gasteiger partial charge on any atom is 0.187 e. The quantitative estimate of drug-likeness (QED) is 0.575. The average Bonchev–Trinajstić information content (AvgIpc) is 2.09. The summed E-state index contributed by atoms with van der Waals surface area (Å²) in [6.45, 7) is 4.30. The predicted octanol–water partition coefficient (Wildman–Crippen LogP) is 1.95. The molecule has 0 bridgehead atoms. The van der Waals surface area contributed by atoms with E-state index in [-0.39, 0.29) is 0 Å². The van der Waals surface area contributed by atoms with Gasteiger partial charge in [-0.2, -0.15) is 0 Å². The molecule has 1 rings (SSSR count). The van der Waals surface area contributed by atoms with Crippen molar-refractivity contribution in [1.82, 2.24) is 9.97 Å². The Bertz CT molecular complexity index is 235. The summed E-state index contributed by atoms with van der Waals surface area (Å²) in [6.07, 6.45) is 4.40. The first-order chi connectivity index (χ1) is 5.72. The molecule has 0 saturated heterocycles. The largest absolute Gasteiger partial charge is 0.396 e. The summed E-state index contributed by atoms with van der Waals surface area (Å²) in [5.41, 5.74) is 6.07. The van der Waals surface area contributed by atoms with Gasteiger partial charge in [-0.05, 0) is 6.42 Å². The summed E-state index contributed by atoms with van der Waals surface area (Å²) < 4.78 is 0. The second kappa shape index (κ2) is 4.30. The van der Waals surface area contributed by atoms with Crippen LogP contribution in [0.25, 0.3) is 0 Å². The molecule has 0 aliphatic carbocycles. The number of anilines is 1. The molecule has 0 aliphatic heterocycles. The van der Waals surface area contributed by atoms with Gasteiger partial charge in [0.25, 0.3) is 0 Å². The van der Waals surface area contributed by atoms with Gasteiger partial charge < -0.3 is 5.73 Å². The lowest BCUT2D eigenvalue weighted by molar-refractivity contribution is 0.885. The molecule has 3 nitrogen and oxygen atoms in total. The van der Waals surface area contributed by atoms with Crippen molar-refractivity contribution in [3.05, 3.63) is 12.4 Å². The fraction of sp³-hybridized carbons (Fsp3) is 0.500. The standard InChI is InChI=1S/C8H13N3S/c1-3-6(2)12-8-10-4-7(9)5-11-8/h4-6H,3,9H2,1-2H3. The van der Waals surface area contributed by atoms with E-state index in [1.807, 2.05) is 0 Å². The van der Waals surface area contributed by atoms with Crippen LogP contribution in [0.1, 0.15) is 20.3 Å². The summed E-state index contributed by atoms with van der Waals surface area (Å²) in [5, 5.41) is 1.37. The molecule has 0 amide bonds. The van der Waals surface area contributed by atoms with Crippen LogP contribution in [0.3, 0.4) is 0 Å². The third kappa shape index (κ3) is 2.70. The highest BCUT2D eigenvalue weighted by molar-refractivity contribution is 7.99. The zero-order valence-corrected chi connectivity index (χ0v) is 8.14. The summed E-state index contributed by atoms with van der Waals surface area (Å²) in [4.78, 5) is 8.19. The molecule has 2 N–H and O–H groups in total. The second-order valence-electron chi connectivity index (χ2n) is 2.64. The van der Waals surface area contributed by atoms with Crippen molar-refractivity contribution in [3.63, 3.8) is 0 Å². The maximum absolute atomic E-state index is 5.46. The van der Waals surface area contributed by atoms with Crippen LogP contribution in [0.2, 0.25) is 0 Å². The number of aromatic nitrogens is 2. The van der Waals surface area contributed by atoms with E-state index in [1.54, 1.807) is 24.2 Å². The van der Waals surface area contributed by atoms with Crippen LogP contribution in [-0.4, -0.2) is 15.2 Å². The van der Waals surface area contributed by atoms with Gasteiger partial charge in [-0.15, -0.1) is 0 Å². The number of nitrogens with zero attached hydrogens (tertiary/aromatic N) is 2. The van der Waals surface area contributed by atoms with Crippen molar-refractivity contribution < 1.29 is 0 Å². The number of thioether (sulfide) groups is 1. The fourth-order valence-electron chi connectivity index (χ4n) is 0.650. The van der Waals surface area contributed by atoms with E-state index >= 15 is 0 Å². The zero-order valence-electron chi connectivity index (χ0n) is 7.32. The van der Waals surface area contributed by atoms with Crippen LogP contribution in [0, 0.1) is 0 Å². The molecule has 12 heavy (non-hydrogen) atoms. The lowest BCUT2D eigenvalue weighted by Crippen LogP contribution is -1.96. The zero-order chi connectivity index (χ0) is 8.97. The fourth-order valence-corrected chi connectivity index (χ4v) is 1.40. The van der Waals surface area contributed by atoms with Crippen LogP contribution in [0.4, 0.5) is 5.69 Å². The minimum Gasteiger partial charge on any atom is -0.396 e. The Morgan fingerprint density at radius 2 is 2.08 bits per heavy atom. The van der Waals surface area contributed by atoms with Gasteiger partial charge in [0.1, 0.15) is 0 Å². The molecule has 1 aromatic rings. The van der Waals surface area contributed by atoms with Gasteiger partial charge in [-0.1, -0.05) is 25.6 Å². The molecule has 1 heterocycles. The molecule has 0 aliphatic rings. The number of hydrogen-bond donors (Lipinski definition) is 1. The van der Waals surface area contributed by atoms with E-state index in [0.29, 0.717) is 10.9 Å². The molecule has 0 aromatic carbocycles. The third-order valence-corrected chi connectivity index (χ3v) is 2.69. The Morgan fingerprint density at radius 1 is 1.50 bits per heavy atom. The van der Waals surface area contributed by atoms with Gasteiger partial charge in [0.2, 0.25) is 0 Å². The van der Waals surface area contributed by atoms with E-state index in [9.17, 15) is 0 Å². The highest BCUT2D eigenvalue weighted by Crippen LogP contribution is 2.20. The van der Waals surface area contributed by atoms with Crippen LogP contribution >= 0.6 is 11.8 Å². The Labute approximate surface area is 76.8 Å². The maximum atomic E-state index is 5.46. The minimum atomic E-state index is 0.564. The molecular weight excluding hydrogens is 170 g/mol. The Balaban J connectivity index is 2.58. The summed E-state index contributed by atoms with van der Waals surface area (Å²) in [6, 6.07) is 0. The van der Waals surface area contributed by atoms with Crippen LogP contribution in [-0.2, 0) is 0 Å². The van der Waals surface area contributed by atoms with Gasteiger partial charge in [-0.25, -0.2) is 9.97 Å².